The smallest absolute Gasteiger partial charge is 0.475 e. The fourth-order valence-corrected chi connectivity index (χ4v) is 4.19. The van der Waals surface area contributed by atoms with E-state index in [1.807, 2.05) is 0 Å². The van der Waals surface area contributed by atoms with E-state index in [4.69, 9.17) is 15.6 Å². The molecule has 1 aliphatic heterocycles. The largest absolute Gasteiger partial charge is 0.490 e. The van der Waals surface area contributed by atoms with Gasteiger partial charge in [0.1, 0.15) is 5.69 Å². The molecule has 0 atom stereocenters. The van der Waals surface area contributed by atoms with Crippen molar-refractivity contribution >= 4 is 35.1 Å². The second-order valence-corrected chi connectivity index (χ2v) is 9.72. The molecule has 3 amide bonds. The number of carbonyl (C=O) groups excluding carboxylic acids is 3. The van der Waals surface area contributed by atoms with Gasteiger partial charge in [-0.25, -0.2) is 9.48 Å². The molecule has 1 aromatic heterocycles. The van der Waals surface area contributed by atoms with E-state index in [0.717, 1.165) is 4.68 Å². The highest BCUT2D eigenvalue weighted by molar-refractivity contribution is 6.08. The summed E-state index contributed by atoms with van der Waals surface area (Å²) in [5.41, 5.74) is 4.98. The molecule has 1 aliphatic rings. The lowest BCUT2D eigenvalue weighted by molar-refractivity contribution is -0.192. The number of benzene rings is 2. The molecule has 236 valence electrons. The zero-order chi connectivity index (χ0) is 33.1. The number of fused-ring (bicyclic) bond motifs is 1. The highest BCUT2D eigenvalue weighted by Gasteiger charge is 2.43. The van der Waals surface area contributed by atoms with E-state index in [1.165, 1.54) is 34.1 Å². The summed E-state index contributed by atoms with van der Waals surface area (Å²) < 4.78 is 74.1. The molecule has 44 heavy (non-hydrogen) atoms. The lowest BCUT2D eigenvalue weighted by Gasteiger charge is -2.28. The van der Waals surface area contributed by atoms with Crippen LogP contribution in [0.25, 0.3) is 5.69 Å². The number of primary amides is 1. The van der Waals surface area contributed by atoms with Crippen LogP contribution in [0.5, 0.6) is 0 Å². The summed E-state index contributed by atoms with van der Waals surface area (Å²) in [5, 5.41) is 10.9. The highest BCUT2D eigenvalue weighted by Crippen LogP contribution is 2.37. The van der Waals surface area contributed by atoms with Crippen LogP contribution >= 0.6 is 0 Å². The molecule has 0 fully saturated rings. The van der Waals surface area contributed by atoms with Gasteiger partial charge in [-0.1, -0.05) is 6.07 Å². The average Bonchev–Trinajstić information content (AvgIpc) is 3.34. The molecule has 0 saturated heterocycles. The minimum atomic E-state index is -5.08. The topological polar surface area (TPSA) is 142 Å². The maximum Gasteiger partial charge on any atom is 0.490 e. The molecule has 4 rings (SSSR count). The van der Waals surface area contributed by atoms with Crippen LogP contribution in [0, 0.1) is 0 Å². The van der Waals surface area contributed by atoms with Crippen LogP contribution in [0.1, 0.15) is 32.1 Å². The number of nitrogens with two attached hydrogens (primary N) is 1. The van der Waals surface area contributed by atoms with E-state index >= 15 is 0 Å². The van der Waals surface area contributed by atoms with Crippen molar-refractivity contribution in [3.05, 3.63) is 71.0 Å². The van der Waals surface area contributed by atoms with E-state index in [9.17, 15) is 40.7 Å². The van der Waals surface area contributed by atoms with Crippen LogP contribution < -0.4 is 15.5 Å². The third kappa shape index (κ3) is 7.52. The van der Waals surface area contributed by atoms with Crippen molar-refractivity contribution < 1.29 is 50.6 Å². The van der Waals surface area contributed by atoms with Crippen molar-refractivity contribution in [2.75, 3.05) is 44.0 Å². The van der Waals surface area contributed by atoms with Gasteiger partial charge in [-0.3, -0.25) is 14.4 Å². The quantitative estimate of drug-likeness (QED) is 0.399. The van der Waals surface area contributed by atoms with E-state index in [0.29, 0.717) is 11.4 Å². The molecule has 0 saturated carbocycles. The Labute approximate surface area is 246 Å². The van der Waals surface area contributed by atoms with Gasteiger partial charge in [0, 0.05) is 36.1 Å². The van der Waals surface area contributed by atoms with Gasteiger partial charge in [0.2, 0.25) is 11.8 Å². The fraction of sp³-hybridized carbons (Fsp3) is 0.296. The van der Waals surface area contributed by atoms with Crippen LogP contribution in [-0.2, 0) is 22.2 Å². The number of carboxylic acids is 1. The van der Waals surface area contributed by atoms with E-state index < -0.39 is 35.8 Å². The number of aliphatic carboxylic acids is 1. The Morgan fingerprint density at radius 1 is 0.977 bits per heavy atom. The Bertz CT molecular complexity index is 1570. The molecule has 11 nitrogen and oxygen atoms in total. The Kier molecular flexibility index (Phi) is 9.72. The van der Waals surface area contributed by atoms with E-state index in [1.54, 1.807) is 50.3 Å². The van der Waals surface area contributed by atoms with Gasteiger partial charge in [0.05, 0.1) is 12.2 Å². The molecule has 17 heteroatoms. The molecule has 0 spiro atoms. The maximum absolute atomic E-state index is 13.8. The summed E-state index contributed by atoms with van der Waals surface area (Å²) in [7, 11) is 5.20. The summed E-state index contributed by atoms with van der Waals surface area (Å²) in [5.74, 6) is -4.31. The van der Waals surface area contributed by atoms with Crippen LogP contribution in [0.2, 0.25) is 0 Å². The van der Waals surface area contributed by atoms with Crippen molar-refractivity contribution in [3.63, 3.8) is 0 Å². The van der Waals surface area contributed by atoms with Gasteiger partial charge < -0.3 is 25.5 Å². The number of hydrogen-bond donors (Lipinski definition) is 2. The van der Waals surface area contributed by atoms with Crippen LogP contribution in [0.15, 0.2) is 48.5 Å². The van der Waals surface area contributed by atoms with Gasteiger partial charge >= 0.3 is 18.3 Å². The van der Waals surface area contributed by atoms with Crippen molar-refractivity contribution in [1.29, 1.82) is 0 Å². The number of anilines is 2. The van der Waals surface area contributed by atoms with Crippen LogP contribution in [0.3, 0.4) is 0 Å². The number of alkyl halides is 6. The molecule has 3 aromatic rings. The predicted molar refractivity (Wildman–Crippen MR) is 145 cm³/mol. The van der Waals surface area contributed by atoms with Gasteiger partial charge in [0.15, 0.2) is 5.69 Å². The molecule has 0 aliphatic carbocycles. The number of aromatic nitrogens is 2. The van der Waals surface area contributed by atoms with Crippen molar-refractivity contribution in [3.8, 4) is 5.69 Å². The van der Waals surface area contributed by atoms with Gasteiger partial charge in [-0.2, -0.15) is 31.4 Å². The summed E-state index contributed by atoms with van der Waals surface area (Å²) in [4.78, 5) is 51.0. The molecule has 0 unspecified atom stereocenters. The number of amides is 3. The van der Waals surface area contributed by atoms with Gasteiger partial charge in [0.25, 0.3) is 5.91 Å². The van der Waals surface area contributed by atoms with E-state index in [2.05, 4.69) is 5.10 Å². The van der Waals surface area contributed by atoms with Crippen molar-refractivity contribution in [2.24, 2.45) is 5.73 Å². The molecular weight excluding hydrogens is 602 g/mol. The first-order chi connectivity index (χ1) is 20.3. The number of carbonyl (C=O) groups is 4. The second-order valence-electron chi connectivity index (χ2n) is 9.72. The minimum Gasteiger partial charge on any atom is -0.475 e. The predicted octanol–water partition coefficient (Wildman–Crippen LogP) is 3.35. The Morgan fingerprint density at radius 2 is 1.57 bits per heavy atom. The molecule has 0 radical (unpaired) electrons. The molecule has 3 N–H and O–H groups in total. The third-order valence-electron chi connectivity index (χ3n) is 6.28. The third-order valence-corrected chi connectivity index (χ3v) is 6.28. The van der Waals surface area contributed by atoms with Crippen LogP contribution in [0.4, 0.5) is 37.7 Å². The first kappa shape index (κ1) is 33.6. The first-order valence-electron chi connectivity index (χ1n) is 12.6. The number of hydrogen-bond acceptors (Lipinski definition) is 6. The first-order valence-corrected chi connectivity index (χ1v) is 12.6. The SMILES string of the molecule is CN(C)CC(=O)N(C)c1ccc(N2CCc3c(C(F)(F)F)nn(-c4cccc(C(N)=O)c4)c3C2=O)cc1.O=C(O)C(F)(F)F. The maximum atomic E-state index is 13.8. The van der Waals surface area contributed by atoms with Gasteiger partial charge in [-0.15, -0.1) is 0 Å². The number of rotatable bonds is 6. The number of halogens is 6. The lowest BCUT2D eigenvalue weighted by Crippen LogP contribution is -2.39. The fourth-order valence-electron chi connectivity index (χ4n) is 4.19. The summed E-state index contributed by atoms with van der Waals surface area (Å²) in [6.45, 7) is 0.227. The number of nitrogens with zero attached hydrogens (tertiary/aromatic N) is 5. The summed E-state index contributed by atoms with van der Waals surface area (Å²) >= 11 is 0. The van der Waals surface area contributed by atoms with Crippen LogP contribution in [-0.4, -0.2) is 83.9 Å². The molecule has 2 heterocycles. The van der Waals surface area contributed by atoms with E-state index in [-0.39, 0.29) is 47.9 Å². The van der Waals surface area contributed by atoms with Crippen molar-refractivity contribution in [2.45, 2.75) is 18.8 Å². The highest BCUT2D eigenvalue weighted by atomic mass is 19.4. The monoisotopic (exact) mass is 628 g/mol. The van der Waals surface area contributed by atoms with Crippen molar-refractivity contribution in [1.82, 2.24) is 14.7 Å². The summed E-state index contributed by atoms with van der Waals surface area (Å²) in [6.07, 6.45) is -9.93. The lowest BCUT2D eigenvalue weighted by atomic mass is 10.0. The Morgan fingerprint density at radius 3 is 2.07 bits per heavy atom. The zero-order valence-corrected chi connectivity index (χ0v) is 23.4. The number of likely N-dealkylation sites (N-methyl/N-ethyl adjacent to an activating group) is 2. The molecular formula is C27H26F6N6O5. The zero-order valence-electron chi connectivity index (χ0n) is 23.4. The average molecular weight is 629 g/mol. The molecule has 0 bridgehead atoms. The Hall–Kier alpha value is -4.93. The second kappa shape index (κ2) is 12.7. The minimum absolute atomic E-state index is 0.0106. The van der Waals surface area contributed by atoms with Gasteiger partial charge in [-0.05, 0) is 63.0 Å². The number of carboxylic acid groups (broad SMARTS) is 1. The normalized spacial score (nSPS) is 13.2. The standard InChI is InChI=1S/C25H25F3N6O3.C2HF3O2/c1-31(2)14-20(35)32(3)16-7-9-17(10-8-16)33-12-11-19-21(24(33)37)34(30-22(19)25(26,27)28)18-6-4-5-15(13-18)23(29)36;3-2(4,5)1(6)7/h4-10,13H,11-12,14H2,1-3H3,(H2,29,36);(H,6,7). The Balaban J connectivity index is 0.000000676. The molecule has 2 aromatic carbocycles. The summed E-state index contributed by atoms with van der Waals surface area (Å²) in [6, 6.07) is 12.2.